The van der Waals surface area contributed by atoms with Crippen molar-refractivity contribution in [2.45, 2.75) is 13.1 Å². The molecule has 132 valence electrons. The van der Waals surface area contributed by atoms with Gasteiger partial charge in [-0.2, -0.15) is 13.2 Å². The summed E-state index contributed by atoms with van der Waals surface area (Å²) in [5.74, 6) is -0.398. The van der Waals surface area contributed by atoms with Crippen LogP contribution in [0.2, 0.25) is 0 Å². The van der Waals surface area contributed by atoms with Gasteiger partial charge in [-0.1, -0.05) is 54.6 Å². The predicted molar refractivity (Wildman–Crippen MR) is 98.1 cm³/mol. The molecule has 0 fully saturated rings. The summed E-state index contributed by atoms with van der Waals surface area (Å²) in [6.07, 6.45) is -4.53. The topological polar surface area (TPSA) is 49.9 Å². The Bertz CT molecular complexity index is 961. The van der Waals surface area contributed by atoms with Crippen molar-refractivity contribution in [2.24, 2.45) is 5.73 Å². The van der Waals surface area contributed by atoms with Crippen LogP contribution >= 0.6 is 0 Å². The molecule has 5 heteroatoms. The van der Waals surface area contributed by atoms with Gasteiger partial charge < -0.3 is 5.73 Å². The van der Waals surface area contributed by atoms with Crippen molar-refractivity contribution >= 4 is 5.84 Å². The van der Waals surface area contributed by atoms with Crippen molar-refractivity contribution in [1.82, 2.24) is 0 Å². The van der Waals surface area contributed by atoms with E-state index in [2.05, 4.69) is 0 Å². The van der Waals surface area contributed by atoms with Crippen molar-refractivity contribution in [2.75, 3.05) is 0 Å². The Hall–Kier alpha value is -3.08. The third-order valence-corrected chi connectivity index (χ3v) is 4.25. The van der Waals surface area contributed by atoms with Crippen LogP contribution in [-0.2, 0) is 6.18 Å². The lowest BCUT2D eigenvalue weighted by atomic mass is 9.86. The van der Waals surface area contributed by atoms with Crippen LogP contribution in [0, 0.1) is 12.3 Å². The molecule has 3 N–H and O–H groups in total. The van der Waals surface area contributed by atoms with Gasteiger partial charge >= 0.3 is 6.18 Å². The highest BCUT2D eigenvalue weighted by molar-refractivity contribution is 6.05. The molecule has 26 heavy (non-hydrogen) atoms. The van der Waals surface area contributed by atoms with Crippen LogP contribution in [0.25, 0.3) is 22.3 Å². The van der Waals surface area contributed by atoms with E-state index in [1.807, 2.05) is 25.1 Å². The van der Waals surface area contributed by atoms with Crippen molar-refractivity contribution in [3.8, 4) is 22.3 Å². The molecule has 0 bridgehead atoms. The zero-order valence-electron chi connectivity index (χ0n) is 14.1. The number of halogens is 3. The smallest absolute Gasteiger partial charge is 0.384 e. The predicted octanol–water partition coefficient (Wildman–Crippen LogP) is 5.63. The van der Waals surface area contributed by atoms with Crippen LogP contribution in [0.3, 0.4) is 0 Å². The van der Waals surface area contributed by atoms with E-state index in [1.54, 1.807) is 36.4 Å². The summed E-state index contributed by atoms with van der Waals surface area (Å²) in [6.45, 7) is 1.85. The number of rotatable bonds is 3. The normalized spacial score (nSPS) is 11.4. The van der Waals surface area contributed by atoms with Gasteiger partial charge in [0.1, 0.15) is 5.84 Å². The lowest BCUT2D eigenvalue weighted by molar-refractivity contribution is -0.137. The largest absolute Gasteiger partial charge is 0.416 e. The molecule has 0 aliphatic carbocycles. The summed E-state index contributed by atoms with van der Waals surface area (Å²) in [7, 11) is 0. The first-order valence-corrected chi connectivity index (χ1v) is 8.00. The Morgan fingerprint density at radius 1 is 0.885 bits per heavy atom. The minimum atomic E-state index is -4.53. The highest BCUT2D eigenvalue weighted by Gasteiger charge is 2.33. The molecule has 2 nitrogen and oxygen atoms in total. The van der Waals surface area contributed by atoms with Gasteiger partial charge in [0, 0.05) is 11.1 Å². The monoisotopic (exact) mass is 354 g/mol. The van der Waals surface area contributed by atoms with Crippen LogP contribution in [0.1, 0.15) is 16.7 Å². The van der Waals surface area contributed by atoms with Crippen LogP contribution in [0.15, 0.2) is 66.7 Å². The van der Waals surface area contributed by atoms with Crippen molar-refractivity contribution in [3.05, 3.63) is 83.4 Å². The number of hydrogen-bond acceptors (Lipinski definition) is 1. The maximum Gasteiger partial charge on any atom is 0.416 e. The molecule has 0 unspecified atom stereocenters. The molecule has 0 aromatic heterocycles. The number of amidine groups is 1. The second kappa shape index (κ2) is 6.67. The van der Waals surface area contributed by atoms with E-state index in [0.717, 1.165) is 17.7 Å². The molecule has 0 spiro atoms. The minimum absolute atomic E-state index is 0.0734. The fourth-order valence-corrected chi connectivity index (χ4v) is 3.02. The number of hydrogen-bond donors (Lipinski definition) is 2. The van der Waals surface area contributed by atoms with E-state index in [-0.39, 0.29) is 5.56 Å². The van der Waals surface area contributed by atoms with Gasteiger partial charge in [-0.15, -0.1) is 0 Å². The van der Waals surface area contributed by atoms with Crippen LogP contribution in [-0.4, -0.2) is 5.84 Å². The summed E-state index contributed by atoms with van der Waals surface area (Å²) in [6, 6.07) is 18.4. The van der Waals surface area contributed by atoms with E-state index < -0.39 is 17.6 Å². The van der Waals surface area contributed by atoms with Crippen molar-refractivity contribution in [1.29, 1.82) is 5.41 Å². The lowest BCUT2D eigenvalue weighted by Gasteiger charge is -2.19. The van der Waals surface area contributed by atoms with Gasteiger partial charge in [-0.3, -0.25) is 5.41 Å². The summed E-state index contributed by atoms with van der Waals surface area (Å²) in [5, 5.41) is 7.85. The van der Waals surface area contributed by atoms with Gasteiger partial charge in [0.15, 0.2) is 0 Å². The average Bonchev–Trinajstić information content (AvgIpc) is 2.61. The Morgan fingerprint density at radius 2 is 1.50 bits per heavy atom. The number of nitrogens with one attached hydrogen (secondary N) is 1. The van der Waals surface area contributed by atoms with E-state index >= 15 is 0 Å². The number of nitrogen functional groups attached to an aromatic ring is 1. The SMILES string of the molecule is Cc1ccccc1-c1cc(C(F)(F)F)cc(C(=N)N)c1-c1ccccc1. The first kappa shape index (κ1) is 17.7. The standard InChI is InChI=1S/C21H17F3N2/c1-13-7-5-6-10-16(13)17-11-15(21(22,23)24)12-18(20(25)26)19(17)14-8-3-2-4-9-14/h2-12H,1H3,(H3,25,26). The molecule has 0 heterocycles. The second-order valence-corrected chi connectivity index (χ2v) is 6.04. The molecule has 0 aliphatic heterocycles. The Labute approximate surface area is 149 Å². The first-order chi connectivity index (χ1) is 12.3. The summed E-state index contributed by atoms with van der Waals surface area (Å²) in [5.41, 5.74) is 8.10. The van der Waals surface area contributed by atoms with E-state index in [9.17, 15) is 13.2 Å². The summed E-state index contributed by atoms with van der Waals surface area (Å²) < 4.78 is 40.4. The molecule has 0 amide bonds. The third kappa shape index (κ3) is 3.33. The zero-order valence-corrected chi connectivity index (χ0v) is 14.1. The molecule has 0 saturated heterocycles. The van der Waals surface area contributed by atoms with E-state index in [0.29, 0.717) is 22.3 Å². The van der Waals surface area contributed by atoms with Gasteiger partial charge in [0.05, 0.1) is 5.56 Å². The molecule has 0 aliphatic rings. The first-order valence-electron chi connectivity index (χ1n) is 8.00. The lowest BCUT2D eigenvalue weighted by Crippen LogP contribution is -2.16. The maximum atomic E-state index is 13.5. The molecule has 0 radical (unpaired) electrons. The Morgan fingerprint density at radius 3 is 2.08 bits per heavy atom. The number of nitrogens with two attached hydrogens (primary N) is 1. The molecular weight excluding hydrogens is 337 g/mol. The van der Waals surface area contributed by atoms with E-state index in [4.69, 9.17) is 11.1 Å². The molecule has 3 aromatic rings. The van der Waals surface area contributed by atoms with Gasteiger partial charge in [-0.25, -0.2) is 0 Å². The minimum Gasteiger partial charge on any atom is -0.384 e. The third-order valence-electron chi connectivity index (χ3n) is 4.25. The summed E-state index contributed by atoms with van der Waals surface area (Å²) in [4.78, 5) is 0. The van der Waals surface area contributed by atoms with Crippen LogP contribution in [0.4, 0.5) is 13.2 Å². The summed E-state index contributed by atoms with van der Waals surface area (Å²) >= 11 is 0. The fourth-order valence-electron chi connectivity index (χ4n) is 3.02. The van der Waals surface area contributed by atoms with Crippen LogP contribution < -0.4 is 5.73 Å². The van der Waals surface area contributed by atoms with Gasteiger partial charge in [-0.05, 0) is 41.3 Å². The Balaban J connectivity index is 2.45. The molecule has 0 atom stereocenters. The maximum absolute atomic E-state index is 13.5. The second-order valence-electron chi connectivity index (χ2n) is 6.04. The van der Waals surface area contributed by atoms with Crippen molar-refractivity contribution in [3.63, 3.8) is 0 Å². The highest BCUT2D eigenvalue weighted by Crippen LogP contribution is 2.41. The highest BCUT2D eigenvalue weighted by atomic mass is 19.4. The average molecular weight is 354 g/mol. The van der Waals surface area contributed by atoms with Crippen molar-refractivity contribution < 1.29 is 13.2 Å². The van der Waals surface area contributed by atoms with Gasteiger partial charge in [0.25, 0.3) is 0 Å². The quantitative estimate of drug-likeness (QED) is 0.465. The van der Waals surface area contributed by atoms with E-state index in [1.165, 1.54) is 0 Å². The Kier molecular flexibility index (Phi) is 4.55. The number of benzene rings is 3. The molecule has 3 aromatic carbocycles. The van der Waals surface area contributed by atoms with Crippen LogP contribution in [0.5, 0.6) is 0 Å². The molecular formula is C21H17F3N2. The molecule has 3 rings (SSSR count). The molecule has 0 saturated carbocycles. The zero-order chi connectivity index (χ0) is 18.9. The van der Waals surface area contributed by atoms with Gasteiger partial charge in [0.2, 0.25) is 0 Å². The fraction of sp³-hybridized carbons (Fsp3) is 0.0952. The number of alkyl halides is 3. The number of aryl methyl sites for hydroxylation is 1.